The lowest BCUT2D eigenvalue weighted by Crippen LogP contribution is -2.28. The Morgan fingerprint density at radius 3 is 2.68 bits per heavy atom. The Morgan fingerprint density at radius 2 is 1.96 bits per heavy atom. The van der Waals surface area contributed by atoms with Crippen molar-refractivity contribution in [2.24, 2.45) is 5.16 Å². The fraction of sp³-hybridized carbons (Fsp3) is 0.158. The normalized spacial score (nSPS) is 10.5. The molecule has 25 heavy (non-hydrogen) atoms. The monoisotopic (exact) mass is 338 g/mol. The molecule has 0 bridgehead atoms. The molecule has 128 valence electrons. The van der Waals surface area contributed by atoms with E-state index in [4.69, 9.17) is 20.7 Å². The number of terminal acetylenes is 1. The highest BCUT2D eigenvalue weighted by atomic mass is 16.6. The summed E-state index contributed by atoms with van der Waals surface area (Å²) in [5, 5.41) is 6.33. The van der Waals surface area contributed by atoms with Crippen LogP contribution in [0, 0.1) is 12.3 Å². The molecule has 0 aliphatic carbocycles. The zero-order chi connectivity index (χ0) is 18.1. The number of carbonyl (C=O) groups is 1. The van der Waals surface area contributed by atoms with Gasteiger partial charge in [0.1, 0.15) is 31.0 Å². The van der Waals surface area contributed by atoms with Gasteiger partial charge in [-0.1, -0.05) is 29.3 Å². The number of hydrogen-bond donors (Lipinski definition) is 1. The molecular weight excluding hydrogens is 320 g/mol. The molecule has 2 rings (SSSR count). The molecule has 0 atom stereocenters. The second-order valence-electron chi connectivity index (χ2n) is 4.77. The van der Waals surface area contributed by atoms with E-state index < -0.39 is 0 Å². The van der Waals surface area contributed by atoms with Gasteiger partial charge in [0.15, 0.2) is 5.71 Å². The summed E-state index contributed by atoms with van der Waals surface area (Å²) in [6.45, 7) is 0.168. The average molecular weight is 338 g/mol. The quantitative estimate of drug-likeness (QED) is 0.479. The van der Waals surface area contributed by atoms with Crippen LogP contribution in [0.15, 0.2) is 53.7 Å². The Hall–Kier alpha value is -3.46. The van der Waals surface area contributed by atoms with E-state index in [0.29, 0.717) is 22.8 Å². The molecule has 0 saturated carbocycles. The Morgan fingerprint density at radius 1 is 1.20 bits per heavy atom. The summed E-state index contributed by atoms with van der Waals surface area (Å²) < 4.78 is 11.3. The summed E-state index contributed by atoms with van der Waals surface area (Å²) in [7, 11) is 2.89. The minimum absolute atomic E-state index is 0.111. The third kappa shape index (κ3) is 4.75. The molecule has 0 saturated heterocycles. The molecule has 2 aromatic carbocycles. The van der Waals surface area contributed by atoms with Crippen molar-refractivity contribution in [3.63, 3.8) is 0 Å². The van der Waals surface area contributed by atoms with Crippen molar-refractivity contribution in [3.05, 3.63) is 54.1 Å². The molecule has 6 nitrogen and oxygen atoms in total. The predicted molar refractivity (Wildman–Crippen MR) is 94.9 cm³/mol. The fourth-order valence-corrected chi connectivity index (χ4v) is 2.05. The molecule has 0 aliphatic heterocycles. The predicted octanol–water partition coefficient (Wildman–Crippen LogP) is 2.59. The van der Waals surface area contributed by atoms with Gasteiger partial charge in [0, 0.05) is 13.1 Å². The standard InChI is InChI=1S/C19H18N2O4/c1-4-12-24-14-8-7-9-15(13-14)25-17-11-6-5-10-16(17)18(21-23-3)19(22)20-2/h1,5-11,13H,12H2,2-3H3,(H,20,22). The van der Waals surface area contributed by atoms with Gasteiger partial charge in [0.2, 0.25) is 0 Å². The maximum Gasteiger partial charge on any atom is 0.273 e. The molecule has 0 spiro atoms. The Balaban J connectivity index is 2.34. The van der Waals surface area contributed by atoms with Gasteiger partial charge in [-0.05, 0) is 24.3 Å². The number of nitrogens with zero attached hydrogens (tertiary/aromatic N) is 1. The zero-order valence-electron chi connectivity index (χ0n) is 14.0. The number of oxime groups is 1. The Bertz CT molecular complexity index is 809. The number of hydrogen-bond acceptors (Lipinski definition) is 5. The zero-order valence-corrected chi connectivity index (χ0v) is 14.0. The van der Waals surface area contributed by atoms with Crippen LogP contribution < -0.4 is 14.8 Å². The van der Waals surface area contributed by atoms with E-state index in [1.54, 1.807) is 48.5 Å². The van der Waals surface area contributed by atoms with Gasteiger partial charge in [-0.15, -0.1) is 6.42 Å². The van der Waals surface area contributed by atoms with Crippen molar-refractivity contribution in [2.45, 2.75) is 0 Å². The Kier molecular flexibility index (Phi) is 6.43. The lowest BCUT2D eigenvalue weighted by Gasteiger charge is -2.12. The maximum atomic E-state index is 12.1. The molecule has 6 heteroatoms. The number of carbonyl (C=O) groups excluding carboxylic acids is 1. The molecular formula is C19H18N2O4. The average Bonchev–Trinajstić information content (AvgIpc) is 2.65. The van der Waals surface area contributed by atoms with Crippen molar-refractivity contribution in [3.8, 4) is 29.6 Å². The van der Waals surface area contributed by atoms with Crippen LogP contribution in [-0.2, 0) is 9.63 Å². The molecule has 0 unspecified atom stereocenters. The van der Waals surface area contributed by atoms with Gasteiger partial charge < -0.3 is 19.6 Å². The molecule has 1 N–H and O–H groups in total. The summed E-state index contributed by atoms with van der Waals surface area (Å²) in [5.74, 6) is 3.60. The van der Waals surface area contributed by atoms with Gasteiger partial charge in [0.25, 0.3) is 5.91 Å². The Labute approximate surface area is 146 Å². The van der Waals surface area contributed by atoms with E-state index in [1.165, 1.54) is 14.2 Å². The smallest absolute Gasteiger partial charge is 0.273 e. The topological polar surface area (TPSA) is 69.1 Å². The van der Waals surface area contributed by atoms with Crippen molar-refractivity contribution < 1.29 is 19.1 Å². The molecule has 0 radical (unpaired) electrons. The summed E-state index contributed by atoms with van der Waals surface area (Å²) >= 11 is 0. The number of ether oxygens (including phenoxy) is 2. The van der Waals surface area contributed by atoms with Crippen molar-refractivity contribution in [1.82, 2.24) is 5.32 Å². The molecule has 1 amide bonds. The van der Waals surface area contributed by atoms with Gasteiger partial charge >= 0.3 is 0 Å². The summed E-state index contributed by atoms with van der Waals surface area (Å²) in [5.41, 5.74) is 0.610. The number of benzene rings is 2. The van der Waals surface area contributed by atoms with Gasteiger partial charge in [-0.2, -0.15) is 0 Å². The van der Waals surface area contributed by atoms with Crippen LogP contribution >= 0.6 is 0 Å². The van der Waals surface area contributed by atoms with E-state index in [-0.39, 0.29) is 18.2 Å². The summed E-state index contributed by atoms with van der Waals surface area (Å²) in [6, 6.07) is 14.1. The van der Waals surface area contributed by atoms with Crippen molar-refractivity contribution >= 4 is 11.6 Å². The van der Waals surface area contributed by atoms with Gasteiger partial charge in [0.05, 0.1) is 5.56 Å². The SMILES string of the molecule is C#CCOc1cccc(Oc2ccccc2C(=NOC)C(=O)NC)c1. The van der Waals surface area contributed by atoms with Crippen LogP contribution in [0.2, 0.25) is 0 Å². The first kappa shape index (κ1) is 17.9. The number of amides is 1. The number of likely N-dealkylation sites (N-methyl/N-ethyl adjacent to an activating group) is 1. The number of para-hydroxylation sites is 1. The molecule has 0 aliphatic rings. The van der Waals surface area contributed by atoms with E-state index in [0.717, 1.165) is 0 Å². The molecule has 0 aromatic heterocycles. The first-order chi connectivity index (χ1) is 12.2. The third-order valence-corrected chi connectivity index (χ3v) is 3.12. The van der Waals surface area contributed by atoms with Crippen LogP contribution in [0.3, 0.4) is 0 Å². The maximum absolute atomic E-state index is 12.1. The number of nitrogens with one attached hydrogen (secondary N) is 1. The minimum atomic E-state index is -0.385. The first-order valence-electron chi connectivity index (χ1n) is 7.46. The summed E-state index contributed by atoms with van der Waals surface area (Å²) in [6.07, 6.45) is 5.19. The lowest BCUT2D eigenvalue weighted by molar-refractivity contribution is -0.114. The van der Waals surface area contributed by atoms with E-state index >= 15 is 0 Å². The highest BCUT2D eigenvalue weighted by Crippen LogP contribution is 2.28. The van der Waals surface area contributed by atoms with Crippen molar-refractivity contribution in [2.75, 3.05) is 20.8 Å². The largest absolute Gasteiger partial charge is 0.481 e. The third-order valence-electron chi connectivity index (χ3n) is 3.12. The number of rotatable bonds is 7. The molecule has 0 heterocycles. The van der Waals surface area contributed by atoms with E-state index in [1.807, 2.05) is 0 Å². The second-order valence-corrected chi connectivity index (χ2v) is 4.77. The molecule has 0 fully saturated rings. The second kappa shape index (κ2) is 8.99. The fourth-order valence-electron chi connectivity index (χ4n) is 2.05. The highest BCUT2D eigenvalue weighted by molar-refractivity contribution is 6.45. The summed E-state index contributed by atoms with van der Waals surface area (Å²) in [4.78, 5) is 16.8. The van der Waals surface area contributed by atoms with E-state index in [9.17, 15) is 4.79 Å². The van der Waals surface area contributed by atoms with Crippen molar-refractivity contribution in [1.29, 1.82) is 0 Å². The van der Waals surface area contributed by atoms with Crippen LogP contribution in [0.25, 0.3) is 0 Å². The molecule has 2 aromatic rings. The van der Waals surface area contributed by atoms with Crippen LogP contribution in [0.1, 0.15) is 5.56 Å². The van der Waals surface area contributed by atoms with Crippen LogP contribution in [0.5, 0.6) is 17.2 Å². The first-order valence-corrected chi connectivity index (χ1v) is 7.46. The minimum Gasteiger partial charge on any atom is -0.481 e. The van der Waals surface area contributed by atoms with Gasteiger partial charge in [-0.25, -0.2) is 0 Å². The lowest BCUT2D eigenvalue weighted by atomic mass is 10.1. The van der Waals surface area contributed by atoms with E-state index in [2.05, 4.69) is 16.4 Å². The van der Waals surface area contributed by atoms with Crippen LogP contribution in [0.4, 0.5) is 0 Å². The highest BCUT2D eigenvalue weighted by Gasteiger charge is 2.18. The van der Waals surface area contributed by atoms with Gasteiger partial charge in [-0.3, -0.25) is 4.79 Å². The van der Waals surface area contributed by atoms with Crippen LogP contribution in [-0.4, -0.2) is 32.4 Å².